The van der Waals surface area contributed by atoms with Gasteiger partial charge in [-0.1, -0.05) is 26.0 Å². The summed E-state index contributed by atoms with van der Waals surface area (Å²) < 4.78 is 13.2. The Labute approximate surface area is 71.6 Å². The van der Waals surface area contributed by atoms with E-state index in [0.717, 1.165) is 12.1 Å². The maximum atomic E-state index is 13.2. The lowest BCUT2D eigenvalue weighted by Gasteiger charge is -2.16. The Kier molecular flexibility index (Phi) is 1.40. The molecule has 0 fully saturated rings. The molecule has 64 valence electrons. The second-order valence-corrected chi connectivity index (χ2v) is 3.90. The van der Waals surface area contributed by atoms with Crippen LogP contribution in [0.2, 0.25) is 0 Å². The average Bonchev–Trinajstić information content (AvgIpc) is 2.30. The summed E-state index contributed by atoms with van der Waals surface area (Å²) in [6.07, 6.45) is 0. The number of anilines is 1. The van der Waals surface area contributed by atoms with Gasteiger partial charge in [0.25, 0.3) is 0 Å². The summed E-state index contributed by atoms with van der Waals surface area (Å²) >= 11 is 0. The summed E-state index contributed by atoms with van der Waals surface area (Å²) in [5, 5.41) is 3.08. The van der Waals surface area contributed by atoms with Crippen molar-refractivity contribution in [2.45, 2.75) is 19.3 Å². The van der Waals surface area contributed by atoms with Gasteiger partial charge in [-0.25, -0.2) is 4.39 Å². The summed E-state index contributed by atoms with van der Waals surface area (Å²) in [6.45, 7) is 5.06. The van der Waals surface area contributed by atoms with Gasteiger partial charge in [0.2, 0.25) is 0 Å². The van der Waals surface area contributed by atoms with Gasteiger partial charge in [0.05, 0.1) is 5.69 Å². The highest BCUT2D eigenvalue weighted by molar-refractivity contribution is 5.60. The van der Waals surface area contributed by atoms with Gasteiger partial charge in [0, 0.05) is 12.0 Å². The standard InChI is InChI=1S/C10H12FN/c1-10(2)6-12-9-7(10)4-3-5-8(9)11/h3-5,12H,6H2,1-2H3. The van der Waals surface area contributed by atoms with Crippen molar-refractivity contribution >= 4 is 5.69 Å². The van der Waals surface area contributed by atoms with Crippen LogP contribution in [0.1, 0.15) is 19.4 Å². The minimum atomic E-state index is -0.141. The Hall–Kier alpha value is -1.05. The zero-order chi connectivity index (χ0) is 8.77. The maximum Gasteiger partial charge on any atom is 0.146 e. The molecule has 2 rings (SSSR count). The molecule has 1 aromatic rings. The van der Waals surface area contributed by atoms with Crippen molar-refractivity contribution in [1.82, 2.24) is 0 Å². The first kappa shape index (κ1) is 7.59. The monoisotopic (exact) mass is 165 g/mol. The van der Waals surface area contributed by atoms with Crippen molar-refractivity contribution in [3.8, 4) is 0 Å². The van der Waals surface area contributed by atoms with Crippen molar-refractivity contribution in [3.63, 3.8) is 0 Å². The molecule has 0 saturated carbocycles. The van der Waals surface area contributed by atoms with E-state index < -0.39 is 0 Å². The van der Waals surface area contributed by atoms with Gasteiger partial charge in [-0.15, -0.1) is 0 Å². The van der Waals surface area contributed by atoms with E-state index in [4.69, 9.17) is 0 Å². The first-order chi connectivity index (χ1) is 5.61. The highest BCUT2D eigenvalue weighted by atomic mass is 19.1. The number of rotatable bonds is 0. The molecular weight excluding hydrogens is 153 g/mol. The molecule has 0 radical (unpaired) electrons. The van der Waals surface area contributed by atoms with Gasteiger partial charge >= 0.3 is 0 Å². The Morgan fingerprint density at radius 2 is 2.17 bits per heavy atom. The van der Waals surface area contributed by atoms with Gasteiger partial charge in [-0.2, -0.15) is 0 Å². The Balaban J connectivity index is 2.61. The fourth-order valence-corrected chi connectivity index (χ4v) is 1.67. The molecule has 0 aromatic heterocycles. The first-order valence-corrected chi connectivity index (χ1v) is 4.14. The van der Waals surface area contributed by atoms with E-state index >= 15 is 0 Å². The minimum absolute atomic E-state index is 0.0669. The first-order valence-electron chi connectivity index (χ1n) is 4.14. The van der Waals surface area contributed by atoms with E-state index in [1.807, 2.05) is 6.07 Å². The largest absolute Gasteiger partial charge is 0.382 e. The molecule has 0 amide bonds. The number of fused-ring (bicyclic) bond motifs is 1. The van der Waals surface area contributed by atoms with Gasteiger partial charge in [0.15, 0.2) is 0 Å². The van der Waals surface area contributed by atoms with Crippen molar-refractivity contribution in [3.05, 3.63) is 29.6 Å². The Bertz CT molecular complexity index is 318. The molecule has 0 saturated heterocycles. The SMILES string of the molecule is CC1(C)CNc2c(F)cccc21. The highest BCUT2D eigenvalue weighted by Gasteiger charge is 2.30. The second kappa shape index (κ2) is 2.22. The molecule has 0 bridgehead atoms. The maximum absolute atomic E-state index is 13.2. The molecule has 1 aliphatic heterocycles. The van der Waals surface area contributed by atoms with Gasteiger partial charge in [0.1, 0.15) is 5.82 Å². The van der Waals surface area contributed by atoms with Crippen LogP contribution in [-0.4, -0.2) is 6.54 Å². The zero-order valence-electron chi connectivity index (χ0n) is 7.32. The molecule has 0 unspecified atom stereocenters. The molecule has 0 atom stereocenters. The Morgan fingerprint density at radius 3 is 2.83 bits per heavy atom. The molecule has 12 heavy (non-hydrogen) atoms. The fraction of sp³-hybridized carbons (Fsp3) is 0.400. The van der Waals surface area contributed by atoms with Crippen molar-refractivity contribution in [1.29, 1.82) is 0 Å². The van der Waals surface area contributed by atoms with Crippen LogP contribution in [0.4, 0.5) is 10.1 Å². The smallest absolute Gasteiger partial charge is 0.146 e. The van der Waals surface area contributed by atoms with Gasteiger partial charge in [-0.3, -0.25) is 0 Å². The van der Waals surface area contributed by atoms with E-state index in [1.165, 1.54) is 6.07 Å². The Morgan fingerprint density at radius 1 is 1.42 bits per heavy atom. The average molecular weight is 165 g/mol. The van der Waals surface area contributed by atoms with Gasteiger partial charge in [-0.05, 0) is 11.6 Å². The van der Waals surface area contributed by atoms with Crippen LogP contribution in [0.15, 0.2) is 18.2 Å². The minimum Gasteiger partial charge on any atom is -0.382 e. The summed E-state index contributed by atoms with van der Waals surface area (Å²) in [5.41, 5.74) is 1.84. The van der Waals surface area contributed by atoms with E-state index in [1.54, 1.807) is 6.07 Å². The predicted molar refractivity (Wildman–Crippen MR) is 47.9 cm³/mol. The summed E-state index contributed by atoms with van der Waals surface area (Å²) in [5.74, 6) is -0.141. The fourth-order valence-electron chi connectivity index (χ4n) is 1.67. The number of nitrogens with one attached hydrogen (secondary N) is 1. The number of benzene rings is 1. The van der Waals surface area contributed by atoms with E-state index in [0.29, 0.717) is 5.69 Å². The van der Waals surface area contributed by atoms with Crippen molar-refractivity contribution < 1.29 is 4.39 Å². The van der Waals surface area contributed by atoms with Crippen LogP contribution in [0, 0.1) is 5.82 Å². The second-order valence-electron chi connectivity index (χ2n) is 3.90. The molecule has 1 aliphatic rings. The molecule has 1 N–H and O–H groups in total. The van der Waals surface area contributed by atoms with Crippen molar-refractivity contribution in [2.24, 2.45) is 0 Å². The summed E-state index contributed by atoms with van der Waals surface area (Å²) in [4.78, 5) is 0. The van der Waals surface area contributed by atoms with E-state index in [-0.39, 0.29) is 11.2 Å². The van der Waals surface area contributed by atoms with Crippen LogP contribution < -0.4 is 5.32 Å². The highest BCUT2D eigenvalue weighted by Crippen LogP contribution is 2.37. The third-order valence-corrected chi connectivity index (χ3v) is 2.45. The lowest BCUT2D eigenvalue weighted by atomic mass is 9.87. The number of halogens is 1. The van der Waals surface area contributed by atoms with Crippen molar-refractivity contribution in [2.75, 3.05) is 11.9 Å². The normalized spacial score (nSPS) is 18.6. The quantitative estimate of drug-likeness (QED) is 0.623. The van der Waals surface area contributed by atoms with Gasteiger partial charge < -0.3 is 5.32 Å². The lowest BCUT2D eigenvalue weighted by Crippen LogP contribution is -2.18. The molecule has 1 heterocycles. The number of hydrogen-bond donors (Lipinski definition) is 1. The molecule has 1 nitrogen and oxygen atoms in total. The van der Waals surface area contributed by atoms with Crippen LogP contribution in [0.5, 0.6) is 0 Å². The molecule has 0 aliphatic carbocycles. The lowest BCUT2D eigenvalue weighted by molar-refractivity contribution is 0.584. The summed E-state index contributed by atoms with van der Waals surface area (Å²) in [6, 6.07) is 5.24. The third-order valence-electron chi connectivity index (χ3n) is 2.45. The van der Waals surface area contributed by atoms with Crippen LogP contribution in [0.3, 0.4) is 0 Å². The number of hydrogen-bond acceptors (Lipinski definition) is 1. The topological polar surface area (TPSA) is 12.0 Å². The third kappa shape index (κ3) is 0.909. The van der Waals surface area contributed by atoms with E-state index in [2.05, 4.69) is 19.2 Å². The summed E-state index contributed by atoms with van der Waals surface area (Å²) in [7, 11) is 0. The van der Waals surface area contributed by atoms with E-state index in [9.17, 15) is 4.39 Å². The molecule has 1 aromatic carbocycles. The zero-order valence-corrected chi connectivity index (χ0v) is 7.32. The van der Waals surface area contributed by atoms with Crippen LogP contribution >= 0.6 is 0 Å². The number of para-hydroxylation sites is 1. The molecule has 0 spiro atoms. The molecule has 2 heteroatoms. The van der Waals surface area contributed by atoms with Crippen LogP contribution in [-0.2, 0) is 5.41 Å². The molecular formula is C10H12FN. The predicted octanol–water partition coefficient (Wildman–Crippen LogP) is 2.53. The van der Waals surface area contributed by atoms with Crippen LogP contribution in [0.25, 0.3) is 0 Å².